The zero-order valence-electron chi connectivity index (χ0n) is 11.5. The normalized spacial score (nSPS) is 28.3. The van der Waals surface area contributed by atoms with Gasteiger partial charge in [-0.25, -0.2) is 4.39 Å². The molecule has 2 heteroatoms. The lowest BCUT2D eigenvalue weighted by Crippen LogP contribution is -2.31. The second-order valence-corrected chi connectivity index (χ2v) is 5.95. The Balaban J connectivity index is 2.12. The predicted molar refractivity (Wildman–Crippen MR) is 73.9 cm³/mol. The van der Waals surface area contributed by atoms with Crippen molar-refractivity contribution in [3.63, 3.8) is 0 Å². The van der Waals surface area contributed by atoms with Gasteiger partial charge in [0.2, 0.25) is 0 Å². The summed E-state index contributed by atoms with van der Waals surface area (Å²) in [5.74, 6) is 1.90. The van der Waals surface area contributed by atoms with Crippen LogP contribution in [0.1, 0.15) is 37.3 Å². The highest BCUT2D eigenvalue weighted by Crippen LogP contribution is 2.35. The molecule has 3 atom stereocenters. The van der Waals surface area contributed by atoms with E-state index >= 15 is 0 Å². The topological polar surface area (TPSA) is 26.0 Å². The Morgan fingerprint density at radius 3 is 2.78 bits per heavy atom. The summed E-state index contributed by atoms with van der Waals surface area (Å²) in [6.07, 6.45) is 4.74. The number of rotatable bonds is 3. The zero-order valence-corrected chi connectivity index (χ0v) is 11.5. The number of hydrogen-bond acceptors (Lipinski definition) is 1. The molecule has 1 aromatic rings. The summed E-state index contributed by atoms with van der Waals surface area (Å²) in [6, 6.07) is 5.12. The summed E-state index contributed by atoms with van der Waals surface area (Å²) >= 11 is 0. The second kappa shape index (κ2) is 5.83. The number of halogens is 1. The van der Waals surface area contributed by atoms with E-state index in [1.165, 1.54) is 24.8 Å². The van der Waals surface area contributed by atoms with Crippen LogP contribution in [0.25, 0.3) is 0 Å². The van der Waals surface area contributed by atoms with Gasteiger partial charge in [-0.1, -0.05) is 19.4 Å². The van der Waals surface area contributed by atoms with E-state index in [4.69, 9.17) is 5.73 Å². The Morgan fingerprint density at radius 2 is 2.06 bits per heavy atom. The molecule has 3 unspecified atom stereocenters. The molecular formula is C16H24FN. The highest BCUT2D eigenvalue weighted by Gasteiger charge is 2.28. The Labute approximate surface area is 110 Å². The summed E-state index contributed by atoms with van der Waals surface area (Å²) in [5, 5.41) is 0. The molecule has 1 fully saturated rings. The fourth-order valence-corrected chi connectivity index (χ4v) is 3.26. The number of benzene rings is 1. The molecule has 0 heterocycles. The van der Waals surface area contributed by atoms with Gasteiger partial charge in [-0.2, -0.15) is 0 Å². The number of aryl methyl sites for hydroxylation is 1. The molecule has 1 aliphatic rings. The van der Waals surface area contributed by atoms with Crippen LogP contribution in [0.3, 0.4) is 0 Å². The summed E-state index contributed by atoms with van der Waals surface area (Å²) < 4.78 is 13.3. The average molecular weight is 249 g/mol. The third kappa shape index (κ3) is 3.11. The van der Waals surface area contributed by atoms with Crippen molar-refractivity contribution in [2.75, 3.05) is 6.54 Å². The first-order chi connectivity index (χ1) is 8.60. The van der Waals surface area contributed by atoms with Gasteiger partial charge in [-0.15, -0.1) is 0 Å². The van der Waals surface area contributed by atoms with E-state index in [9.17, 15) is 4.39 Å². The molecule has 0 saturated heterocycles. The monoisotopic (exact) mass is 249 g/mol. The fraction of sp³-hybridized carbons (Fsp3) is 0.625. The molecule has 0 spiro atoms. The van der Waals surface area contributed by atoms with E-state index in [1.807, 2.05) is 6.07 Å². The molecule has 18 heavy (non-hydrogen) atoms. The Morgan fingerprint density at radius 1 is 1.28 bits per heavy atom. The fourth-order valence-electron chi connectivity index (χ4n) is 3.26. The second-order valence-electron chi connectivity index (χ2n) is 5.95. The lowest BCUT2D eigenvalue weighted by Gasteiger charge is -2.34. The Hall–Kier alpha value is -0.890. The van der Waals surface area contributed by atoms with E-state index in [1.54, 1.807) is 12.1 Å². The molecule has 0 radical (unpaired) electrons. The number of hydrogen-bond donors (Lipinski definition) is 1. The van der Waals surface area contributed by atoms with Crippen LogP contribution >= 0.6 is 0 Å². The average Bonchev–Trinajstić information content (AvgIpc) is 2.34. The maximum atomic E-state index is 13.3. The number of nitrogens with two attached hydrogens (primary N) is 1. The minimum Gasteiger partial charge on any atom is -0.330 e. The van der Waals surface area contributed by atoms with Crippen molar-refractivity contribution in [3.8, 4) is 0 Å². The summed E-state index contributed by atoms with van der Waals surface area (Å²) in [7, 11) is 0. The molecule has 1 aliphatic carbocycles. The van der Waals surface area contributed by atoms with Gasteiger partial charge in [0.25, 0.3) is 0 Å². The van der Waals surface area contributed by atoms with E-state index in [0.29, 0.717) is 11.8 Å². The molecule has 0 aliphatic heterocycles. The smallest absolute Gasteiger partial charge is 0.123 e. The van der Waals surface area contributed by atoms with E-state index in [-0.39, 0.29) is 5.82 Å². The van der Waals surface area contributed by atoms with Crippen LogP contribution in [0.2, 0.25) is 0 Å². The summed E-state index contributed by atoms with van der Waals surface area (Å²) in [5.41, 5.74) is 8.25. The van der Waals surface area contributed by atoms with Crippen molar-refractivity contribution in [1.82, 2.24) is 0 Å². The van der Waals surface area contributed by atoms with Gasteiger partial charge in [0.15, 0.2) is 0 Å². The van der Waals surface area contributed by atoms with Gasteiger partial charge in [-0.3, -0.25) is 0 Å². The van der Waals surface area contributed by atoms with E-state index in [0.717, 1.165) is 24.4 Å². The largest absolute Gasteiger partial charge is 0.330 e. The molecular weight excluding hydrogens is 225 g/mol. The minimum absolute atomic E-state index is 0.122. The summed E-state index contributed by atoms with van der Waals surface area (Å²) in [6.45, 7) is 5.16. The first-order valence-electron chi connectivity index (χ1n) is 7.05. The van der Waals surface area contributed by atoms with Gasteiger partial charge in [-0.05, 0) is 73.7 Å². The van der Waals surface area contributed by atoms with Crippen LogP contribution in [-0.2, 0) is 6.42 Å². The first-order valence-corrected chi connectivity index (χ1v) is 7.05. The molecule has 100 valence electrons. The summed E-state index contributed by atoms with van der Waals surface area (Å²) in [4.78, 5) is 0. The third-order valence-corrected chi connectivity index (χ3v) is 4.50. The van der Waals surface area contributed by atoms with Gasteiger partial charge >= 0.3 is 0 Å². The van der Waals surface area contributed by atoms with Crippen molar-refractivity contribution in [2.45, 2.75) is 39.5 Å². The Kier molecular flexibility index (Phi) is 4.39. The van der Waals surface area contributed by atoms with Gasteiger partial charge < -0.3 is 5.73 Å². The van der Waals surface area contributed by atoms with Gasteiger partial charge in [0.1, 0.15) is 5.82 Å². The van der Waals surface area contributed by atoms with Crippen LogP contribution in [0.5, 0.6) is 0 Å². The van der Waals surface area contributed by atoms with Crippen molar-refractivity contribution in [3.05, 3.63) is 35.1 Å². The van der Waals surface area contributed by atoms with Gasteiger partial charge in [0.05, 0.1) is 0 Å². The maximum Gasteiger partial charge on any atom is 0.123 e. The molecule has 0 amide bonds. The quantitative estimate of drug-likeness (QED) is 0.868. The lowest BCUT2D eigenvalue weighted by atomic mass is 9.72. The molecule has 0 aromatic heterocycles. The van der Waals surface area contributed by atoms with Crippen molar-refractivity contribution in [2.24, 2.45) is 23.5 Å². The Bertz CT molecular complexity index is 402. The highest BCUT2D eigenvalue weighted by atomic mass is 19.1. The van der Waals surface area contributed by atoms with Crippen LogP contribution in [0.15, 0.2) is 18.2 Å². The molecule has 2 N–H and O–H groups in total. The minimum atomic E-state index is -0.122. The first kappa shape index (κ1) is 13.5. The lowest BCUT2D eigenvalue weighted by molar-refractivity contribution is 0.193. The van der Waals surface area contributed by atoms with Crippen molar-refractivity contribution >= 4 is 0 Å². The molecule has 2 rings (SSSR count). The van der Waals surface area contributed by atoms with Crippen molar-refractivity contribution < 1.29 is 4.39 Å². The molecule has 0 bridgehead atoms. The van der Waals surface area contributed by atoms with Crippen LogP contribution in [-0.4, -0.2) is 6.54 Å². The SMILES string of the molecule is Cc1ccc(F)cc1CC1CC(C)CCC1CN. The van der Waals surface area contributed by atoms with E-state index < -0.39 is 0 Å². The standard InChI is InChI=1S/C16H24FN/c1-11-3-5-13(10-18)15(7-11)8-14-9-16(17)6-4-12(14)2/h4,6,9,11,13,15H,3,5,7-8,10,18H2,1-2H3. The van der Waals surface area contributed by atoms with Crippen LogP contribution in [0.4, 0.5) is 4.39 Å². The molecule has 1 aromatic carbocycles. The maximum absolute atomic E-state index is 13.3. The zero-order chi connectivity index (χ0) is 13.1. The highest BCUT2D eigenvalue weighted by molar-refractivity contribution is 5.27. The van der Waals surface area contributed by atoms with Gasteiger partial charge in [0, 0.05) is 0 Å². The van der Waals surface area contributed by atoms with Crippen molar-refractivity contribution in [1.29, 1.82) is 0 Å². The third-order valence-electron chi connectivity index (χ3n) is 4.50. The molecule has 1 saturated carbocycles. The predicted octanol–water partition coefficient (Wildman–Crippen LogP) is 3.69. The van der Waals surface area contributed by atoms with E-state index in [2.05, 4.69) is 13.8 Å². The van der Waals surface area contributed by atoms with Crippen LogP contribution in [0, 0.1) is 30.5 Å². The van der Waals surface area contributed by atoms with Crippen LogP contribution < -0.4 is 5.73 Å². The molecule has 1 nitrogen and oxygen atoms in total.